The third-order valence-corrected chi connectivity index (χ3v) is 5.99. The van der Waals surface area contributed by atoms with Gasteiger partial charge in [0.2, 0.25) is 0 Å². The van der Waals surface area contributed by atoms with Gasteiger partial charge in [0.25, 0.3) is 5.91 Å². The van der Waals surface area contributed by atoms with Crippen molar-refractivity contribution < 1.29 is 14.6 Å². The van der Waals surface area contributed by atoms with E-state index in [1.807, 2.05) is 24.0 Å². The summed E-state index contributed by atoms with van der Waals surface area (Å²) in [5.41, 5.74) is 3.95. The number of ether oxygens (including phenoxy) is 1. The summed E-state index contributed by atoms with van der Waals surface area (Å²) in [5.74, 6) is 0.0821. The number of aromatic nitrogens is 1. The van der Waals surface area contributed by atoms with E-state index in [-0.39, 0.29) is 24.0 Å². The predicted octanol–water partition coefficient (Wildman–Crippen LogP) is 2.79. The maximum absolute atomic E-state index is 13.3. The summed E-state index contributed by atoms with van der Waals surface area (Å²) in [4.78, 5) is 18.7. The van der Waals surface area contributed by atoms with Gasteiger partial charge in [0.1, 0.15) is 0 Å². The van der Waals surface area contributed by atoms with Gasteiger partial charge in [0.15, 0.2) is 0 Å². The van der Waals surface area contributed by atoms with Gasteiger partial charge >= 0.3 is 0 Å². The van der Waals surface area contributed by atoms with Crippen molar-refractivity contribution in [3.05, 3.63) is 35.0 Å². The van der Waals surface area contributed by atoms with Gasteiger partial charge in [-0.3, -0.25) is 4.79 Å². The van der Waals surface area contributed by atoms with Gasteiger partial charge in [-0.05, 0) is 44.7 Å². The van der Waals surface area contributed by atoms with Crippen LogP contribution in [0.5, 0.6) is 0 Å². The number of amides is 1. The number of likely N-dealkylation sites (tertiary alicyclic amines) is 1. The minimum Gasteiger partial charge on any atom is -0.393 e. The number of hydrogen-bond acceptors (Lipinski definition) is 3. The largest absolute Gasteiger partial charge is 0.393 e. The molecule has 0 aliphatic carbocycles. The summed E-state index contributed by atoms with van der Waals surface area (Å²) in [6.07, 6.45) is 2.21. The van der Waals surface area contributed by atoms with E-state index in [1.54, 1.807) is 0 Å². The van der Waals surface area contributed by atoms with Gasteiger partial charge in [0, 0.05) is 36.2 Å². The van der Waals surface area contributed by atoms with E-state index in [2.05, 4.69) is 18.0 Å². The second kappa shape index (κ2) is 6.46. The first-order valence-corrected chi connectivity index (χ1v) is 9.22. The van der Waals surface area contributed by atoms with Crippen molar-refractivity contribution in [3.8, 4) is 0 Å². The standard InChI is InChI=1S/C20H26N2O3/c1-12-13(2)21-19-14(12)5-3-6-15(19)20(24)22-9-4-7-17(22)16-11-25-10-8-18(16)23/h3,5-6,16-18,21,23H,4,7-11H2,1-2H3/t16-,17-,18-/m1/s1. The van der Waals surface area contributed by atoms with Gasteiger partial charge < -0.3 is 19.7 Å². The SMILES string of the molecule is Cc1[nH]c2c(C(=O)N3CCC[C@@H]3[C@H]3COCC[C@H]3O)cccc2c1C. The van der Waals surface area contributed by atoms with Crippen molar-refractivity contribution in [1.29, 1.82) is 0 Å². The first kappa shape index (κ1) is 16.6. The fourth-order valence-electron chi connectivity index (χ4n) is 4.42. The topological polar surface area (TPSA) is 65.6 Å². The van der Waals surface area contributed by atoms with Crippen molar-refractivity contribution in [2.24, 2.45) is 5.92 Å². The zero-order valence-electron chi connectivity index (χ0n) is 14.9. The van der Waals surface area contributed by atoms with Crippen molar-refractivity contribution in [3.63, 3.8) is 0 Å². The predicted molar refractivity (Wildman–Crippen MR) is 96.8 cm³/mol. The zero-order valence-corrected chi connectivity index (χ0v) is 14.9. The van der Waals surface area contributed by atoms with E-state index in [0.717, 1.165) is 41.5 Å². The Bertz CT molecular complexity index is 798. The molecule has 2 aliphatic rings. The van der Waals surface area contributed by atoms with Crippen LogP contribution in [0.25, 0.3) is 10.9 Å². The molecule has 2 aromatic rings. The number of nitrogens with one attached hydrogen (secondary N) is 1. The molecule has 0 saturated carbocycles. The number of H-pyrrole nitrogens is 1. The number of aliphatic hydroxyl groups excluding tert-OH is 1. The highest BCUT2D eigenvalue weighted by molar-refractivity contribution is 6.06. The number of fused-ring (bicyclic) bond motifs is 1. The Balaban J connectivity index is 1.67. The molecule has 5 heteroatoms. The molecule has 3 atom stereocenters. The number of benzene rings is 1. The smallest absolute Gasteiger partial charge is 0.256 e. The molecule has 2 N–H and O–H groups in total. The molecule has 2 aliphatic heterocycles. The molecule has 0 bridgehead atoms. The van der Waals surface area contributed by atoms with Crippen LogP contribution in [0, 0.1) is 19.8 Å². The number of rotatable bonds is 2. The number of para-hydroxylation sites is 1. The highest BCUT2D eigenvalue weighted by atomic mass is 16.5. The van der Waals surface area contributed by atoms with E-state index < -0.39 is 0 Å². The van der Waals surface area contributed by atoms with Gasteiger partial charge in [-0.15, -0.1) is 0 Å². The van der Waals surface area contributed by atoms with Crippen molar-refractivity contribution in [2.75, 3.05) is 19.8 Å². The van der Waals surface area contributed by atoms with E-state index in [9.17, 15) is 9.90 Å². The van der Waals surface area contributed by atoms with Crippen LogP contribution in [-0.4, -0.2) is 52.8 Å². The Labute approximate surface area is 148 Å². The van der Waals surface area contributed by atoms with Crippen LogP contribution < -0.4 is 0 Å². The molecule has 2 fully saturated rings. The maximum Gasteiger partial charge on any atom is 0.256 e. The number of carbonyl (C=O) groups excluding carboxylic acids is 1. The molecule has 4 rings (SSSR count). The van der Waals surface area contributed by atoms with Crippen LogP contribution in [-0.2, 0) is 4.74 Å². The Morgan fingerprint density at radius 3 is 2.96 bits per heavy atom. The normalized spacial score (nSPS) is 27.2. The average Bonchev–Trinajstić information content (AvgIpc) is 3.20. The molecule has 3 heterocycles. The molecule has 134 valence electrons. The van der Waals surface area contributed by atoms with Gasteiger partial charge in [0.05, 0.1) is 23.8 Å². The molecule has 1 aromatic carbocycles. The third kappa shape index (κ3) is 2.75. The van der Waals surface area contributed by atoms with Crippen molar-refractivity contribution >= 4 is 16.8 Å². The minimum absolute atomic E-state index is 0.0199. The second-order valence-corrected chi connectivity index (χ2v) is 7.41. The molecular formula is C20H26N2O3. The van der Waals surface area contributed by atoms with Crippen LogP contribution in [0.15, 0.2) is 18.2 Å². The summed E-state index contributed by atoms with van der Waals surface area (Å²) in [6, 6.07) is 5.99. The first-order valence-electron chi connectivity index (χ1n) is 9.22. The molecule has 0 spiro atoms. The Kier molecular flexibility index (Phi) is 4.29. The monoisotopic (exact) mass is 342 g/mol. The molecule has 5 nitrogen and oxygen atoms in total. The van der Waals surface area contributed by atoms with Crippen molar-refractivity contribution in [2.45, 2.75) is 45.3 Å². The highest BCUT2D eigenvalue weighted by Gasteiger charge is 2.40. The summed E-state index contributed by atoms with van der Waals surface area (Å²) < 4.78 is 5.58. The van der Waals surface area contributed by atoms with Crippen LogP contribution >= 0.6 is 0 Å². The highest BCUT2D eigenvalue weighted by Crippen LogP contribution is 2.32. The molecule has 0 unspecified atom stereocenters. The number of aryl methyl sites for hydroxylation is 2. The Morgan fingerprint density at radius 2 is 2.16 bits per heavy atom. The average molecular weight is 342 g/mol. The Hall–Kier alpha value is -1.85. The number of aliphatic hydroxyl groups is 1. The molecule has 2 saturated heterocycles. The lowest BCUT2D eigenvalue weighted by atomic mass is 9.89. The van der Waals surface area contributed by atoms with Crippen molar-refractivity contribution in [1.82, 2.24) is 9.88 Å². The third-order valence-electron chi connectivity index (χ3n) is 5.99. The Morgan fingerprint density at radius 1 is 1.32 bits per heavy atom. The fraction of sp³-hybridized carbons (Fsp3) is 0.550. The van der Waals surface area contributed by atoms with Crippen LogP contribution in [0.1, 0.15) is 40.9 Å². The molecule has 1 aromatic heterocycles. The van der Waals surface area contributed by atoms with Crippen LogP contribution in [0.2, 0.25) is 0 Å². The summed E-state index contributed by atoms with van der Waals surface area (Å²) in [5, 5.41) is 11.5. The van der Waals surface area contributed by atoms with E-state index in [4.69, 9.17) is 4.74 Å². The molecule has 1 amide bonds. The number of hydrogen-bond donors (Lipinski definition) is 2. The molecule has 0 radical (unpaired) electrons. The number of carbonyl (C=O) groups is 1. The lowest BCUT2D eigenvalue weighted by Crippen LogP contribution is -2.48. The van der Waals surface area contributed by atoms with E-state index in [0.29, 0.717) is 19.6 Å². The van der Waals surface area contributed by atoms with Gasteiger partial charge in [-0.1, -0.05) is 12.1 Å². The number of nitrogens with zero attached hydrogens (tertiary/aromatic N) is 1. The molecular weight excluding hydrogens is 316 g/mol. The van der Waals surface area contributed by atoms with Gasteiger partial charge in [-0.2, -0.15) is 0 Å². The first-order chi connectivity index (χ1) is 12.1. The second-order valence-electron chi connectivity index (χ2n) is 7.41. The van der Waals surface area contributed by atoms with Crippen LogP contribution in [0.3, 0.4) is 0 Å². The maximum atomic E-state index is 13.3. The lowest BCUT2D eigenvalue weighted by molar-refractivity contribution is -0.0589. The summed E-state index contributed by atoms with van der Waals surface area (Å²) >= 11 is 0. The lowest BCUT2D eigenvalue weighted by Gasteiger charge is -2.37. The summed E-state index contributed by atoms with van der Waals surface area (Å²) in [7, 11) is 0. The zero-order chi connectivity index (χ0) is 17.6. The van der Waals surface area contributed by atoms with E-state index in [1.165, 1.54) is 5.56 Å². The van der Waals surface area contributed by atoms with Crippen LogP contribution in [0.4, 0.5) is 0 Å². The minimum atomic E-state index is -0.377. The fourth-order valence-corrected chi connectivity index (χ4v) is 4.42. The summed E-state index contributed by atoms with van der Waals surface area (Å²) in [6.45, 7) is 6.02. The molecule has 25 heavy (non-hydrogen) atoms. The van der Waals surface area contributed by atoms with E-state index >= 15 is 0 Å². The van der Waals surface area contributed by atoms with Gasteiger partial charge in [-0.25, -0.2) is 0 Å². The quantitative estimate of drug-likeness (QED) is 0.882. The number of aromatic amines is 1.